The maximum Gasteiger partial charge on any atom is 0.129 e. The van der Waals surface area contributed by atoms with E-state index in [1.165, 1.54) is 0 Å². The van der Waals surface area contributed by atoms with Gasteiger partial charge in [0.25, 0.3) is 0 Å². The van der Waals surface area contributed by atoms with Crippen LogP contribution in [0.2, 0.25) is 5.15 Å². The Morgan fingerprint density at radius 1 is 1.50 bits per heavy atom. The lowest BCUT2D eigenvalue weighted by Crippen LogP contribution is -2.26. The second-order valence-electron chi connectivity index (χ2n) is 3.84. The van der Waals surface area contributed by atoms with E-state index in [4.69, 9.17) is 16.9 Å². The van der Waals surface area contributed by atoms with Crippen molar-refractivity contribution in [1.82, 2.24) is 4.98 Å². The third kappa shape index (κ3) is 1.88. The van der Waals surface area contributed by atoms with Gasteiger partial charge < -0.3 is 0 Å². The van der Waals surface area contributed by atoms with Crippen LogP contribution in [0.25, 0.3) is 0 Å². The molecular formula is C11H13ClN2. The number of hydrogen-bond acceptors (Lipinski definition) is 2. The standard InChI is InChI=1S/C11H13ClN2/c1-8(2)11(3,7-13)9-4-5-10(12)14-6-9/h4-6,8H,1-3H3/t11-/m1/s1. The quantitative estimate of drug-likeness (QED) is 0.700. The summed E-state index contributed by atoms with van der Waals surface area (Å²) >= 11 is 5.69. The number of pyridine rings is 1. The van der Waals surface area contributed by atoms with Crippen LogP contribution >= 0.6 is 11.6 Å². The van der Waals surface area contributed by atoms with Crippen LogP contribution in [-0.4, -0.2) is 4.98 Å². The van der Waals surface area contributed by atoms with Gasteiger partial charge in [-0.3, -0.25) is 0 Å². The number of aromatic nitrogens is 1. The number of nitriles is 1. The summed E-state index contributed by atoms with van der Waals surface area (Å²) in [5, 5.41) is 9.62. The molecule has 0 aliphatic rings. The molecule has 0 aliphatic carbocycles. The summed E-state index contributed by atoms with van der Waals surface area (Å²) in [4.78, 5) is 3.99. The first-order valence-electron chi connectivity index (χ1n) is 4.54. The summed E-state index contributed by atoms with van der Waals surface area (Å²) in [6.07, 6.45) is 1.67. The molecule has 0 unspecified atom stereocenters. The van der Waals surface area contributed by atoms with Crippen molar-refractivity contribution in [3.05, 3.63) is 29.0 Å². The van der Waals surface area contributed by atoms with Crippen molar-refractivity contribution in [3.8, 4) is 6.07 Å². The molecule has 0 fully saturated rings. The molecule has 0 N–H and O–H groups in total. The molecule has 0 saturated heterocycles. The summed E-state index contributed by atoms with van der Waals surface area (Å²) < 4.78 is 0. The van der Waals surface area contributed by atoms with Gasteiger partial charge >= 0.3 is 0 Å². The summed E-state index contributed by atoms with van der Waals surface area (Å²) in [5.74, 6) is 0.246. The molecule has 3 heteroatoms. The average Bonchev–Trinajstić information content (AvgIpc) is 2.17. The monoisotopic (exact) mass is 208 g/mol. The lowest BCUT2D eigenvalue weighted by Gasteiger charge is -2.25. The molecular weight excluding hydrogens is 196 g/mol. The third-order valence-electron chi connectivity index (χ3n) is 2.71. The van der Waals surface area contributed by atoms with Gasteiger partial charge in [-0.25, -0.2) is 4.98 Å². The highest BCUT2D eigenvalue weighted by Crippen LogP contribution is 2.30. The van der Waals surface area contributed by atoms with E-state index in [9.17, 15) is 0 Å². The largest absolute Gasteiger partial charge is 0.244 e. The molecule has 0 aromatic carbocycles. The maximum atomic E-state index is 9.17. The molecule has 1 heterocycles. The van der Waals surface area contributed by atoms with Gasteiger partial charge in [-0.15, -0.1) is 0 Å². The van der Waals surface area contributed by atoms with E-state index in [2.05, 4.69) is 11.1 Å². The minimum absolute atomic E-state index is 0.246. The first-order chi connectivity index (χ1) is 6.50. The smallest absolute Gasteiger partial charge is 0.129 e. The first-order valence-corrected chi connectivity index (χ1v) is 4.92. The lowest BCUT2D eigenvalue weighted by atomic mass is 9.75. The fourth-order valence-corrected chi connectivity index (χ4v) is 1.32. The summed E-state index contributed by atoms with van der Waals surface area (Å²) in [7, 11) is 0. The van der Waals surface area contributed by atoms with Crippen molar-refractivity contribution >= 4 is 11.6 Å². The van der Waals surface area contributed by atoms with Gasteiger partial charge in [0.2, 0.25) is 0 Å². The molecule has 74 valence electrons. The Bertz CT molecular complexity index is 351. The normalized spacial score (nSPS) is 14.9. The lowest BCUT2D eigenvalue weighted by molar-refractivity contribution is 0.430. The van der Waals surface area contributed by atoms with Gasteiger partial charge in [0, 0.05) is 6.20 Å². The van der Waals surface area contributed by atoms with E-state index < -0.39 is 5.41 Å². The molecule has 1 atom stereocenters. The third-order valence-corrected chi connectivity index (χ3v) is 2.94. The van der Waals surface area contributed by atoms with Crippen LogP contribution < -0.4 is 0 Å². The van der Waals surface area contributed by atoms with Gasteiger partial charge in [0.1, 0.15) is 5.15 Å². The van der Waals surface area contributed by atoms with Crippen LogP contribution in [0.15, 0.2) is 18.3 Å². The number of rotatable bonds is 2. The Morgan fingerprint density at radius 3 is 2.50 bits per heavy atom. The molecule has 0 amide bonds. The van der Waals surface area contributed by atoms with Crippen molar-refractivity contribution in [3.63, 3.8) is 0 Å². The van der Waals surface area contributed by atoms with E-state index >= 15 is 0 Å². The van der Waals surface area contributed by atoms with Crippen LogP contribution in [0.3, 0.4) is 0 Å². The fraction of sp³-hybridized carbons (Fsp3) is 0.455. The van der Waals surface area contributed by atoms with Gasteiger partial charge in [-0.05, 0) is 24.5 Å². The van der Waals surface area contributed by atoms with Crippen molar-refractivity contribution in [2.45, 2.75) is 26.2 Å². The van der Waals surface area contributed by atoms with Crippen LogP contribution in [0.4, 0.5) is 0 Å². The molecule has 0 bridgehead atoms. The predicted molar refractivity (Wildman–Crippen MR) is 57.1 cm³/mol. The Kier molecular flexibility index (Phi) is 3.13. The molecule has 1 aromatic heterocycles. The van der Waals surface area contributed by atoms with E-state index in [0.717, 1.165) is 5.56 Å². The fourth-order valence-electron chi connectivity index (χ4n) is 1.21. The van der Waals surface area contributed by atoms with Crippen molar-refractivity contribution in [2.75, 3.05) is 0 Å². The summed E-state index contributed by atoms with van der Waals surface area (Å²) in [6, 6.07) is 5.91. The SMILES string of the molecule is CC(C)[C@@](C)(C#N)c1ccc(Cl)nc1. The molecule has 0 radical (unpaired) electrons. The van der Waals surface area contributed by atoms with Gasteiger partial charge in [-0.2, -0.15) is 5.26 Å². The summed E-state index contributed by atoms with van der Waals surface area (Å²) in [6.45, 7) is 5.97. The van der Waals surface area contributed by atoms with Crippen molar-refractivity contribution in [1.29, 1.82) is 5.26 Å². The number of halogens is 1. The first kappa shape index (κ1) is 11.0. The number of nitrogens with zero attached hydrogens (tertiary/aromatic N) is 2. The van der Waals surface area contributed by atoms with Crippen LogP contribution in [-0.2, 0) is 5.41 Å². The summed E-state index contributed by atoms with van der Waals surface area (Å²) in [5.41, 5.74) is 0.428. The van der Waals surface area contributed by atoms with Crippen LogP contribution in [0, 0.1) is 17.2 Å². The molecule has 1 rings (SSSR count). The topological polar surface area (TPSA) is 36.7 Å². The van der Waals surface area contributed by atoms with Gasteiger partial charge in [0.05, 0.1) is 11.5 Å². The highest BCUT2D eigenvalue weighted by Gasteiger charge is 2.30. The van der Waals surface area contributed by atoms with Gasteiger partial charge in [0.15, 0.2) is 0 Å². The molecule has 0 spiro atoms. The second-order valence-corrected chi connectivity index (χ2v) is 4.23. The zero-order valence-electron chi connectivity index (χ0n) is 8.58. The zero-order valence-corrected chi connectivity index (χ0v) is 9.34. The van der Waals surface area contributed by atoms with Crippen LogP contribution in [0.1, 0.15) is 26.3 Å². The van der Waals surface area contributed by atoms with E-state index in [1.54, 1.807) is 12.3 Å². The minimum atomic E-state index is -0.489. The highest BCUT2D eigenvalue weighted by molar-refractivity contribution is 6.29. The molecule has 0 aliphatic heterocycles. The van der Waals surface area contributed by atoms with E-state index in [1.807, 2.05) is 26.8 Å². The molecule has 1 aromatic rings. The maximum absolute atomic E-state index is 9.17. The van der Waals surface area contributed by atoms with E-state index in [-0.39, 0.29) is 5.92 Å². The second kappa shape index (κ2) is 3.98. The molecule has 14 heavy (non-hydrogen) atoms. The van der Waals surface area contributed by atoms with Crippen molar-refractivity contribution in [2.24, 2.45) is 5.92 Å². The Labute approximate surface area is 89.5 Å². The van der Waals surface area contributed by atoms with E-state index in [0.29, 0.717) is 5.15 Å². The molecule has 0 saturated carbocycles. The number of hydrogen-bond donors (Lipinski definition) is 0. The Hall–Kier alpha value is -1.07. The van der Waals surface area contributed by atoms with Crippen molar-refractivity contribution < 1.29 is 0 Å². The Balaban J connectivity index is 3.15. The average molecular weight is 209 g/mol. The predicted octanol–water partition coefficient (Wildman–Crippen LogP) is 3.17. The zero-order chi connectivity index (χ0) is 10.8. The van der Waals surface area contributed by atoms with Crippen LogP contribution in [0.5, 0.6) is 0 Å². The Morgan fingerprint density at radius 2 is 2.14 bits per heavy atom. The van der Waals surface area contributed by atoms with Gasteiger partial charge in [-0.1, -0.05) is 31.5 Å². The minimum Gasteiger partial charge on any atom is -0.244 e. The highest BCUT2D eigenvalue weighted by atomic mass is 35.5. The molecule has 2 nitrogen and oxygen atoms in total.